The van der Waals surface area contributed by atoms with E-state index in [1.54, 1.807) is 0 Å². The summed E-state index contributed by atoms with van der Waals surface area (Å²) in [5.74, 6) is 4.97. The molecule has 2 N–H and O–H groups in total. The Labute approximate surface area is 93.2 Å². The van der Waals surface area contributed by atoms with Crippen molar-refractivity contribution in [3.63, 3.8) is 0 Å². The predicted octanol–water partition coefficient (Wildman–Crippen LogP) is 1.32. The molecule has 0 unspecified atom stereocenters. The van der Waals surface area contributed by atoms with Crippen LogP contribution in [-0.4, -0.2) is 35.2 Å². The van der Waals surface area contributed by atoms with Gasteiger partial charge in [0.05, 0.1) is 6.61 Å². The Bertz CT molecular complexity index is 131. The lowest BCUT2D eigenvalue weighted by molar-refractivity contribution is 0.0660. The molecule has 92 valence electrons. The van der Waals surface area contributed by atoms with Gasteiger partial charge in [-0.15, -0.1) is 0 Å². The van der Waals surface area contributed by atoms with Gasteiger partial charge in [-0.25, -0.2) is 5.90 Å². The van der Waals surface area contributed by atoms with Crippen molar-refractivity contribution < 1.29 is 18.1 Å². The zero-order valence-electron chi connectivity index (χ0n) is 9.95. The van der Waals surface area contributed by atoms with E-state index in [1.165, 1.54) is 0 Å². The maximum absolute atomic E-state index is 5.66. The first-order chi connectivity index (χ1) is 7.24. The molecule has 0 aliphatic carbocycles. The molecular weight excluding hydrogens is 214 g/mol. The van der Waals surface area contributed by atoms with Crippen molar-refractivity contribution in [1.29, 1.82) is 0 Å². The molecule has 0 atom stereocenters. The number of hydrogen-bond acceptors (Lipinski definition) is 5. The van der Waals surface area contributed by atoms with Crippen LogP contribution in [-0.2, 0) is 18.1 Å². The van der Waals surface area contributed by atoms with Gasteiger partial charge in [0.1, 0.15) is 0 Å². The lowest BCUT2D eigenvalue weighted by Crippen LogP contribution is -2.46. The molecule has 0 heterocycles. The van der Waals surface area contributed by atoms with E-state index in [9.17, 15) is 0 Å². The van der Waals surface area contributed by atoms with Gasteiger partial charge in [-0.3, -0.25) is 0 Å². The highest BCUT2D eigenvalue weighted by Gasteiger charge is 2.39. The average Bonchev–Trinajstić information content (AvgIpc) is 2.19. The average molecular weight is 237 g/mol. The summed E-state index contributed by atoms with van der Waals surface area (Å²) in [6, 6.07) is 0.750. The Morgan fingerprint density at radius 3 is 1.73 bits per heavy atom. The highest BCUT2D eigenvalue weighted by molar-refractivity contribution is 6.60. The van der Waals surface area contributed by atoms with E-state index in [4.69, 9.17) is 19.2 Å². The van der Waals surface area contributed by atoms with E-state index >= 15 is 0 Å². The SMILES string of the molecule is CCO[Si](CCCON)(OCC)OCC. The molecule has 0 saturated carbocycles. The van der Waals surface area contributed by atoms with Crippen LogP contribution in [0.1, 0.15) is 27.2 Å². The van der Waals surface area contributed by atoms with Gasteiger partial charge in [0.25, 0.3) is 0 Å². The zero-order chi connectivity index (χ0) is 11.6. The van der Waals surface area contributed by atoms with Gasteiger partial charge in [-0.1, -0.05) is 0 Å². The molecule has 15 heavy (non-hydrogen) atoms. The summed E-state index contributed by atoms with van der Waals surface area (Å²) in [7, 11) is -2.47. The van der Waals surface area contributed by atoms with E-state index in [2.05, 4.69) is 4.84 Å². The number of hydrogen-bond donors (Lipinski definition) is 1. The summed E-state index contributed by atoms with van der Waals surface area (Å²) in [4.78, 5) is 4.53. The van der Waals surface area contributed by atoms with Crippen molar-refractivity contribution in [2.45, 2.75) is 33.2 Å². The van der Waals surface area contributed by atoms with Crippen LogP contribution in [0.4, 0.5) is 0 Å². The molecule has 0 fully saturated rings. The fraction of sp³-hybridized carbons (Fsp3) is 1.00. The minimum absolute atomic E-state index is 0.502. The smallest absolute Gasteiger partial charge is 0.374 e. The van der Waals surface area contributed by atoms with E-state index in [0.29, 0.717) is 26.4 Å². The van der Waals surface area contributed by atoms with Gasteiger partial charge in [0.15, 0.2) is 0 Å². The summed E-state index contributed by atoms with van der Waals surface area (Å²) in [6.45, 7) is 8.15. The van der Waals surface area contributed by atoms with E-state index in [1.807, 2.05) is 20.8 Å². The number of rotatable bonds is 10. The largest absolute Gasteiger partial charge is 0.501 e. The lowest BCUT2D eigenvalue weighted by Gasteiger charge is -2.28. The Kier molecular flexibility index (Phi) is 9.27. The standard InChI is InChI=1S/C9H23NO4Si/c1-4-12-15(13-5-2,14-6-3)9-7-8-11-10/h4-10H2,1-3H3. The third kappa shape index (κ3) is 6.24. The second-order valence-electron chi connectivity index (χ2n) is 2.96. The highest BCUT2D eigenvalue weighted by Crippen LogP contribution is 2.17. The third-order valence-corrected chi connectivity index (χ3v) is 4.99. The van der Waals surface area contributed by atoms with E-state index in [0.717, 1.165) is 12.5 Å². The summed E-state index contributed by atoms with van der Waals surface area (Å²) in [5, 5.41) is 0. The van der Waals surface area contributed by atoms with Crippen LogP contribution in [0.3, 0.4) is 0 Å². The van der Waals surface area contributed by atoms with Gasteiger partial charge < -0.3 is 18.1 Å². The van der Waals surface area contributed by atoms with E-state index < -0.39 is 8.80 Å². The molecule has 0 aliphatic heterocycles. The normalized spacial score (nSPS) is 12.0. The minimum Gasteiger partial charge on any atom is -0.374 e. The molecule has 0 bridgehead atoms. The summed E-state index contributed by atoms with van der Waals surface area (Å²) in [5.41, 5.74) is 0. The van der Waals surface area contributed by atoms with Crippen LogP contribution in [0, 0.1) is 0 Å². The molecule has 0 rings (SSSR count). The first kappa shape index (κ1) is 15.0. The summed E-state index contributed by atoms with van der Waals surface area (Å²) < 4.78 is 17.0. The van der Waals surface area contributed by atoms with Crippen LogP contribution in [0.25, 0.3) is 0 Å². The van der Waals surface area contributed by atoms with Crippen molar-refractivity contribution in [1.82, 2.24) is 0 Å². The molecule has 0 radical (unpaired) electrons. The molecule has 0 aromatic rings. The second-order valence-corrected chi connectivity index (χ2v) is 5.69. The first-order valence-electron chi connectivity index (χ1n) is 5.48. The van der Waals surface area contributed by atoms with Crippen molar-refractivity contribution in [2.75, 3.05) is 26.4 Å². The zero-order valence-corrected chi connectivity index (χ0v) is 11.0. The molecule has 0 aromatic carbocycles. The molecule has 0 saturated heterocycles. The topological polar surface area (TPSA) is 62.9 Å². The quantitative estimate of drug-likeness (QED) is 0.353. The number of nitrogens with two attached hydrogens (primary N) is 1. The maximum Gasteiger partial charge on any atom is 0.501 e. The lowest BCUT2D eigenvalue weighted by atomic mass is 10.5. The Balaban J connectivity index is 4.18. The van der Waals surface area contributed by atoms with Crippen molar-refractivity contribution >= 4 is 8.80 Å². The fourth-order valence-corrected chi connectivity index (χ4v) is 3.95. The highest BCUT2D eigenvalue weighted by atomic mass is 28.4. The first-order valence-corrected chi connectivity index (χ1v) is 7.41. The molecule has 0 aromatic heterocycles. The molecule has 0 spiro atoms. The Morgan fingerprint density at radius 1 is 0.933 bits per heavy atom. The minimum atomic E-state index is -2.47. The molecule has 5 nitrogen and oxygen atoms in total. The van der Waals surface area contributed by atoms with Crippen LogP contribution in [0.5, 0.6) is 0 Å². The van der Waals surface area contributed by atoms with Crippen LogP contribution < -0.4 is 5.90 Å². The van der Waals surface area contributed by atoms with Crippen LogP contribution in [0.2, 0.25) is 6.04 Å². The van der Waals surface area contributed by atoms with Gasteiger partial charge in [-0.2, -0.15) is 0 Å². The fourth-order valence-electron chi connectivity index (χ4n) is 1.37. The summed E-state index contributed by atoms with van der Waals surface area (Å²) >= 11 is 0. The van der Waals surface area contributed by atoms with Crippen molar-refractivity contribution in [3.05, 3.63) is 0 Å². The Morgan fingerprint density at radius 2 is 1.40 bits per heavy atom. The molecule has 0 amide bonds. The second kappa shape index (κ2) is 9.26. The monoisotopic (exact) mass is 237 g/mol. The van der Waals surface area contributed by atoms with Crippen molar-refractivity contribution in [3.8, 4) is 0 Å². The molecule has 0 aliphatic rings. The maximum atomic E-state index is 5.66. The predicted molar refractivity (Wildman–Crippen MR) is 60.2 cm³/mol. The van der Waals surface area contributed by atoms with Crippen LogP contribution in [0.15, 0.2) is 0 Å². The molecule has 6 heteroatoms. The molecular formula is C9H23NO4Si. The van der Waals surface area contributed by atoms with Crippen molar-refractivity contribution in [2.24, 2.45) is 5.90 Å². The third-order valence-electron chi connectivity index (χ3n) is 1.84. The van der Waals surface area contributed by atoms with Gasteiger partial charge in [-0.05, 0) is 27.2 Å². The Hall–Kier alpha value is 0.0169. The van der Waals surface area contributed by atoms with Gasteiger partial charge in [0, 0.05) is 25.9 Å². The van der Waals surface area contributed by atoms with Crippen LogP contribution >= 0.6 is 0 Å². The van der Waals surface area contributed by atoms with Gasteiger partial charge >= 0.3 is 8.80 Å². The summed E-state index contributed by atoms with van der Waals surface area (Å²) in [6.07, 6.45) is 0.794. The van der Waals surface area contributed by atoms with Gasteiger partial charge in [0.2, 0.25) is 0 Å². The van der Waals surface area contributed by atoms with E-state index in [-0.39, 0.29) is 0 Å².